The van der Waals surface area contributed by atoms with Crippen molar-refractivity contribution in [1.29, 1.82) is 0 Å². The molecule has 0 aliphatic heterocycles. The number of benzene rings is 2. The van der Waals surface area contributed by atoms with Gasteiger partial charge in [0, 0.05) is 13.0 Å². The first kappa shape index (κ1) is 26.2. The summed E-state index contributed by atoms with van der Waals surface area (Å²) in [5, 5.41) is 8.74. The highest BCUT2D eigenvalue weighted by atomic mass is 16.8. The molecule has 180 valence electrons. The van der Waals surface area contributed by atoms with E-state index in [1.54, 1.807) is 7.11 Å². The number of rotatable bonds is 15. The minimum absolute atomic E-state index is 0.0967. The number of carbonyl (C=O) groups excluding carboxylic acids is 1. The first-order valence-corrected chi connectivity index (χ1v) is 10.9. The molecule has 0 amide bonds. The van der Waals surface area contributed by atoms with Gasteiger partial charge in [-0.15, -0.1) is 0 Å². The molecule has 0 aliphatic carbocycles. The molecule has 1 unspecified atom stereocenters. The van der Waals surface area contributed by atoms with Crippen LogP contribution in [0.5, 0.6) is 11.5 Å². The van der Waals surface area contributed by atoms with Gasteiger partial charge in [-0.2, -0.15) is 0 Å². The van der Waals surface area contributed by atoms with E-state index in [2.05, 4.69) is 6.07 Å². The van der Waals surface area contributed by atoms with Crippen molar-refractivity contribution in [1.82, 2.24) is 4.90 Å². The largest absolute Gasteiger partial charge is 0.497 e. The Labute approximate surface area is 195 Å². The van der Waals surface area contributed by atoms with Crippen LogP contribution in [0.2, 0.25) is 0 Å². The van der Waals surface area contributed by atoms with E-state index in [1.807, 2.05) is 61.5 Å². The number of hydrogen-bond acceptors (Lipinski definition) is 7. The molecule has 0 aliphatic rings. The Kier molecular flexibility index (Phi) is 11.2. The molecule has 0 aromatic heterocycles. The van der Waals surface area contributed by atoms with E-state index < -0.39 is 18.2 Å². The normalized spacial score (nSPS) is 11.8. The average Bonchev–Trinajstić information content (AvgIpc) is 2.80. The van der Waals surface area contributed by atoms with E-state index in [4.69, 9.17) is 24.1 Å². The van der Waals surface area contributed by atoms with Crippen LogP contribution >= 0.6 is 0 Å². The van der Waals surface area contributed by atoms with Crippen molar-refractivity contribution in [2.24, 2.45) is 0 Å². The van der Waals surface area contributed by atoms with Crippen LogP contribution < -0.4 is 9.47 Å². The van der Waals surface area contributed by atoms with Crippen molar-refractivity contribution >= 4 is 11.9 Å². The maximum atomic E-state index is 11.9. The fraction of sp³-hybridized carbons (Fsp3) is 0.440. The van der Waals surface area contributed by atoms with Gasteiger partial charge in [-0.05, 0) is 56.3 Å². The number of ether oxygens (including phenoxy) is 4. The lowest BCUT2D eigenvalue weighted by Gasteiger charge is -2.21. The molecule has 0 radical (unpaired) electrons. The van der Waals surface area contributed by atoms with Crippen molar-refractivity contribution in [3.05, 3.63) is 59.7 Å². The lowest BCUT2D eigenvalue weighted by molar-refractivity contribution is -0.194. The number of esters is 1. The molecule has 33 heavy (non-hydrogen) atoms. The Morgan fingerprint density at radius 3 is 2.55 bits per heavy atom. The van der Waals surface area contributed by atoms with Crippen molar-refractivity contribution in [2.45, 2.75) is 38.4 Å². The maximum Gasteiger partial charge on any atom is 0.308 e. The summed E-state index contributed by atoms with van der Waals surface area (Å²) < 4.78 is 22.1. The molecule has 2 aromatic carbocycles. The van der Waals surface area contributed by atoms with E-state index in [9.17, 15) is 9.59 Å². The third kappa shape index (κ3) is 10.4. The minimum Gasteiger partial charge on any atom is -0.497 e. The van der Waals surface area contributed by atoms with Gasteiger partial charge in [0.25, 0.3) is 0 Å². The molecular formula is C25H33NO7. The lowest BCUT2D eigenvalue weighted by atomic mass is 10.0. The Morgan fingerprint density at radius 1 is 1.03 bits per heavy atom. The summed E-state index contributed by atoms with van der Waals surface area (Å²) in [6.45, 7) is 0.536. The summed E-state index contributed by atoms with van der Waals surface area (Å²) in [7, 11) is 5.45. The van der Waals surface area contributed by atoms with Gasteiger partial charge in [-0.3, -0.25) is 9.59 Å². The van der Waals surface area contributed by atoms with E-state index in [0.29, 0.717) is 18.7 Å². The molecule has 2 rings (SSSR count). The van der Waals surface area contributed by atoms with Gasteiger partial charge in [0.2, 0.25) is 6.29 Å². The summed E-state index contributed by atoms with van der Waals surface area (Å²) in [6, 6.07) is 15.7. The van der Waals surface area contributed by atoms with Gasteiger partial charge < -0.3 is 29.0 Å². The fourth-order valence-corrected chi connectivity index (χ4v) is 3.09. The monoisotopic (exact) mass is 459 g/mol. The van der Waals surface area contributed by atoms with E-state index in [1.165, 1.54) is 0 Å². The van der Waals surface area contributed by atoms with Crippen LogP contribution in [0.1, 0.15) is 30.4 Å². The number of nitrogens with zero attached hydrogens (tertiary/aromatic N) is 1. The molecule has 0 heterocycles. The fourth-order valence-electron chi connectivity index (χ4n) is 3.09. The SMILES string of the molecule is COc1cccc(CCc2ccccc2OCOC(CCN(C)C)OC(=O)CCC(=O)O)c1. The van der Waals surface area contributed by atoms with Crippen LogP contribution in [0.4, 0.5) is 0 Å². The van der Waals surface area contributed by atoms with Crippen LogP contribution in [-0.2, 0) is 31.9 Å². The van der Waals surface area contributed by atoms with Gasteiger partial charge in [0.05, 0.1) is 20.0 Å². The maximum absolute atomic E-state index is 11.9. The third-order valence-electron chi connectivity index (χ3n) is 4.88. The number of hydrogen-bond donors (Lipinski definition) is 1. The second kappa shape index (κ2) is 14.1. The van der Waals surface area contributed by atoms with Gasteiger partial charge in [0.15, 0.2) is 6.79 Å². The average molecular weight is 460 g/mol. The highest BCUT2D eigenvalue weighted by molar-refractivity contribution is 5.76. The molecule has 8 heteroatoms. The Bertz CT molecular complexity index is 885. The van der Waals surface area contributed by atoms with Gasteiger partial charge >= 0.3 is 11.9 Å². The van der Waals surface area contributed by atoms with Crippen LogP contribution in [0.3, 0.4) is 0 Å². The zero-order valence-electron chi connectivity index (χ0n) is 19.5. The van der Waals surface area contributed by atoms with Crippen molar-refractivity contribution in [2.75, 3.05) is 34.5 Å². The topological polar surface area (TPSA) is 94.5 Å². The number of carboxylic acids is 1. The number of carboxylic acid groups (broad SMARTS) is 1. The van der Waals surface area contributed by atoms with Crippen molar-refractivity contribution in [3.8, 4) is 11.5 Å². The second-order valence-corrected chi connectivity index (χ2v) is 7.79. The molecule has 0 spiro atoms. The first-order valence-electron chi connectivity index (χ1n) is 10.9. The van der Waals surface area contributed by atoms with Crippen molar-refractivity contribution < 1.29 is 33.6 Å². The molecule has 1 atom stereocenters. The number of para-hydroxylation sites is 1. The van der Waals surface area contributed by atoms with Crippen LogP contribution in [0, 0.1) is 0 Å². The third-order valence-corrected chi connectivity index (χ3v) is 4.88. The molecule has 8 nitrogen and oxygen atoms in total. The highest BCUT2D eigenvalue weighted by Crippen LogP contribution is 2.22. The molecule has 1 N–H and O–H groups in total. The summed E-state index contributed by atoms with van der Waals surface area (Å²) in [5.41, 5.74) is 2.20. The Morgan fingerprint density at radius 2 is 1.82 bits per heavy atom. The van der Waals surface area contributed by atoms with Gasteiger partial charge in [-0.1, -0.05) is 30.3 Å². The van der Waals surface area contributed by atoms with Crippen molar-refractivity contribution in [3.63, 3.8) is 0 Å². The number of aliphatic carboxylic acids is 1. The van der Waals surface area contributed by atoms with Gasteiger partial charge in [-0.25, -0.2) is 0 Å². The molecule has 2 aromatic rings. The first-order chi connectivity index (χ1) is 15.9. The smallest absolute Gasteiger partial charge is 0.308 e. The zero-order chi connectivity index (χ0) is 24.1. The molecule has 0 saturated heterocycles. The van der Waals surface area contributed by atoms with E-state index >= 15 is 0 Å². The van der Waals surface area contributed by atoms with Gasteiger partial charge in [0.1, 0.15) is 11.5 Å². The summed E-state index contributed by atoms with van der Waals surface area (Å²) in [6.07, 6.45) is 0.731. The summed E-state index contributed by atoms with van der Waals surface area (Å²) in [5.74, 6) is -0.137. The molecule has 0 fully saturated rings. The summed E-state index contributed by atoms with van der Waals surface area (Å²) >= 11 is 0. The van der Waals surface area contributed by atoms with E-state index in [-0.39, 0.29) is 19.6 Å². The quantitative estimate of drug-likeness (QED) is 0.319. The highest BCUT2D eigenvalue weighted by Gasteiger charge is 2.17. The molecular weight excluding hydrogens is 426 g/mol. The number of methoxy groups -OCH3 is 1. The van der Waals surface area contributed by atoms with Crippen LogP contribution in [-0.4, -0.2) is 62.8 Å². The summed E-state index contributed by atoms with van der Waals surface area (Å²) in [4.78, 5) is 24.5. The zero-order valence-corrected chi connectivity index (χ0v) is 19.5. The molecule has 0 bridgehead atoms. The van der Waals surface area contributed by atoms with Crippen LogP contribution in [0.25, 0.3) is 0 Å². The predicted molar refractivity (Wildman–Crippen MR) is 123 cm³/mol. The minimum atomic E-state index is -1.05. The van der Waals surface area contributed by atoms with Crippen LogP contribution in [0.15, 0.2) is 48.5 Å². The number of aryl methyl sites for hydroxylation is 2. The predicted octanol–water partition coefficient (Wildman–Crippen LogP) is 3.52. The Hall–Kier alpha value is -3.10. The molecule has 0 saturated carbocycles. The number of carbonyl (C=O) groups is 2. The second-order valence-electron chi connectivity index (χ2n) is 7.79. The standard InChI is InChI=1S/C25H33NO7/c1-26(2)16-15-25(33-24(29)14-13-23(27)28)32-18-31-22-10-5-4-8-20(22)12-11-19-7-6-9-21(17-19)30-3/h4-10,17,25H,11-16,18H2,1-3H3,(H,27,28). The Balaban J connectivity index is 1.91. The lowest BCUT2D eigenvalue weighted by Crippen LogP contribution is -2.28. The van der Waals surface area contributed by atoms with E-state index in [0.717, 1.165) is 29.7 Å².